The van der Waals surface area contributed by atoms with Gasteiger partial charge in [0.2, 0.25) is 0 Å². The Morgan fingerprint density at radius 3 is 2.18 bits per heavy atom. The van der Waals surface area contributed by atoms with E-state index in [1.165, 1.54) is 5.56 Å². The number of nitrogens with two attached hydrogens (primary N) is 2. The molecule has 0 unspecified atom stereocenters. The van der Waals surface area contributed by atoms with E-state index >= 15 is 0 Å². The third-order valence-electron chi connectivity index (χ3n) is 2.62. The molecule has 3 heteroatoms. The first kappa shape index (κ1) is 11.3. The quantitative estimate of drug-likeness (QED) is 0.775. The maximum Gasteiger partial charge on any atom is 0.173 e. The van der Waals surface area contributed by atoms with Crippen molar-refractivity contribution >= 4 is 11.4 Å². The molecule has 2 aromatic rings. The van der Waals surface area contributed by atoms with Crippen molar-refractivity contribution < 1.29 is 4.74 Å². The number of rotatable bonds is 2. The fourth-order valence-electron chi connectivity index (χ4n) is 1.72. The van der Waals surface area contributed by atoms with E-state index in [0.29, 0.717) is 17.1 Å². The summed E-state index contributed by atoms with van der Waals surface area (Å²) < 4.78 is 5.78. The van der Waals surface area contributed by atoms with Gasteiger partial charge >= 0.3 is 0 Å². The van der Waals surface area contributed by atoms with Gasteiger partial charge in [-0.1, -0.05) is 23.8 Å². The van der Waals surface area contributed by atoms with Crippen LogP contribution in [0, 0.1) is 13.8 Å². The lowest BCUT2D eigenvalue weighted by atomic mass is 10.1. The Hall–Kier alpha value is -2.16. The molecule has 0 aliphatic rings. The molecule has 0 amide bonds. The van der Waals surface area contributed by atoms with E-state index in [1.807, 2.05) is 26.0 Å². The largest absolute Gasteiger partial charge is 0.453 e. The molecule has 0 atom stereocenters. The minimum absolute atomic E-state index is 0.527. The van der Waals surface area contributed by atoms with Crippen LogP contribution >= 0.6 is 0 Å². The Bertz CT molecular complexity index is 530. The van der Waals surface area contributed by atoms with Crippen LogP contribution in [0.25, 0.3) is 0 Å². The van der Waals surface area contributed by atoms with Gasteiger partial charge in [0, 0.05) is 0 Å². The highest BCUT2D eigenvalue weighted by atomic mass is 16.5. The number of nitrogen functional groups attached to an aromatic ring is 2. The third kappa shape index (κ3) is 2.33. The molecule has 0 bridgehead atoms. The van der Waals surface area contributed by atoms with Gasteiger partial charge in [0.25, 0.3) is 0 Å². The van der Waals surface area contributed by atoms with Crippen molar-refractivity contribution in [2.45, 2.75) is 13.8 Å². The second kappa shape index (κ2) is 4.37. The summed E-state index contributed by atoms with van der Waals surface area (Å²) in [6.07, 6.45) is 0. The highest BCUT2D eigenvalue weighted by Crippen LogP contribution is 2.34. The van der Waals surface area contributed by atoms with Gasteiger partial charge in [-0.25, -0.2) is 0 Å². The summed E-state index contributed by atoms with van der Waals surface area (Å²) in [5.74, 6) is 1.31. The number of hydrogen-bond acceptors (Lipinski definition) is 3. The average Bonchev–Trinajstić information content (AvgIpc) is 2.26. The minimum atomic E-state index is 0.527. The van der Waals surface area contributed by atoms with E-state index in [2.05, 4.69) is 6.07 Å². The van der Waals surface area contributed by atoms with Crippen molar-refractivity contribution in [3.63, 3.8) is 0 Å². The first-order chi connectivity index (χ1) is 8.08. The van der Waals surface area contributed by atoms with Gasteiger partial charge in [0.1, 0.15) is 5.75 Å². The van der Waals surface area contributed by atoms with Crippen molar-refractivity contribution in [3.8, 4) is 11.5 Å². The summed E-state index contributed by atoms with van der Waals surface area (Å²) in [5, 5.41) is 0. The predicted molar refractivity (Wildman–Crippen MR) is 71.3 cm³/mol. The molecule has 88 valence electrons. The molecule has 0 aliphatic carbocycles. The molecule has 0 spiro atoms. The molecule has 0 heterocycles. The Labute approximate surface area is 101 Å². The molecule has 0 radical (unpaired) electrons. The summed E-state index contributed by atoms with van der Waals surface area (Å²) in [6.45, 7) is 4.04. The second-order valence-electron chi connectivity index (χ2n) is 4.14. The van der Waals surface area contributed by atoms with Gasteiger partial charge in [0.05, 0.1) is 11.4 Å². The first-order valence-corrected chi connectivity index (χ1v) is 5.47. The number of ether oxygens (including phenoxy) is 1. The van der Waals surface area contributed by atoms with E-state index < -0.39 is 0 Å². The highest BCUT2D eigenvalue weighted by molar-refractivity contribution is 5.68. The Morgan fingerprint density at radius 1 is 0.941 bits per heavy atom. The van der Waals surface area contributed by atoms with Crippen molar-refractivity contribution in [1.29, 1.82) is 0 Å². The van der Waals surface area contributed by atoms with E-state index in [9.17, 15) is 0 Å². The molecule has 0 saturated heterocycles. The summed E-state index contributed by atoms with van der Waals surface area (Å²) in [4.78, 5) is 0. The van der Waals surface area contributed by atoms with Crippen LogP contribution in [0.4, 0.5) is 11.4 Å². The average molecular weight is 228 g/mol. The lowest BCUT2D eigenvalue weighted by Crippen LogP contribution is -1.98. The van der Waals surface area contributed by atoms with Gasteiger partial charge in [-0.15, -0.1) is 0 Å². The van der Waals surface area contributed by atoms with Gasteiger partial charge < -0.3 is 16.2 Å². The predicted octanol–water partition coefficient (Wildman–Crippen LogP) is 3.26. The maximum absolute atomic E-state index is 5.84. The van der Waals surface area contributed by atoms with Crippen molar-refractivity contribution in [1.82, 2.24) is 0 Å². The van der Waals surface area contributed by atoms with E-state index in [4.69, 9.17) is 16.2 Å². The number of hydrogen-bond donors (Lipinski definition) is 2. The Balaban J connectivity index is 2.38. The topological polar surface area (TPSA) is 61.3 Å². The number of aryl methyl sites for hydroxylation is 2. The SMILES string of the molecule is Cc1ccc(Oc2c(N)cccc2N)c(C)c1. The highest BCUT2D eigenvalue weighted by Gasteiger charge is 2.08. The molecular weight excluding hydrogens is 212 g/mol. The van der Waals surface area contributed by atoms with Crippen molar-refractivity contribution in [2.24, 2.45) is 0 Å². The molecule has 2 aromatic carbocycles. The molecular formula is C14H16N2O. The fraction of sp³-hybridized carbons (Fsp3) is 0.143. The molecule has 2 rings (SSSR count). The smallest absolute Gasteiger partial charge is 0.173 e. The van der Waals surface area contributed by atoms with Gasteiger partial charge in [-0.05, 0) is 37.6 Å². The van der Waals surface area contributed by atoms with Crippen LogP contribution in [0.15, 0.2) is 36.4 Å². The van der Waals surface area contributed by atoms with Crippen LogP contribution in [-0.2, 0) is 0 Å². The second-order valence-corrected chi connectivity index (χ2v) is 4.14. The van der Waals surface area contributed by atoms with Crippen molar-refractivity contribution in [2.75, 3.05) is 11.5 Å². The monoisotopic (exact) mass is 228 g/mol. The summed E-state index contributed by atoms with van der Waals surface area (Å²) in [6, 6.07) is 11.3. The zero-order valence-corrected chi connectivity index (χ0v) is 10.0. The Morgan fingerprint density at radius 2 is 1.59 bits per heavy atom. The normalized spacial score (nSPS) is 10.2. The molecule has 0 fully saturated rings. The summed E-state index contributed by atoms with van der Waals surface area (Å²) >= 11 is 0. The van der Waals surface area contributed by atoms with Crippen LogP contribution in [-0.4, -0.2) is 0 Å². The molecule has 0 saturated carbocycles. The lowest BCUT2D eigenvalue weighted by Gasteiger charge is -2.13. The van der Waals surface area contributed by atoms with Gasteiger partial charge in [-0.2, -0.15) is 0 Å². The molecule has 17 heavy (non-hydrogen) atoms. The van der Waals surface area contributed by atoms with Gasteiger partial charge in [-0.3, -0.25) is 0 Å². The minimum Gasteiger partial charge on any atom is -0.453 e. The molecule has 0 aliphatic heterocycles. The fourth-order valence-corrected chi connectivity index (χ4v) is 1.72. The van der Waals surface area contributed by atoms with E-state index in [0.717, 1.165) is 11.3 Å². The van der Waals surface area contributed by atoms with Crippen LogP contribution in [0.5, 0.6) is 11.5 Å². The third-order valence-corrected chi connectivity index (χ3v) is 2.62. The molecule has 4 N–H and O–H groups in total. The zero-order chi connectivity index (χ0) is 12.4. The number of anilines is 2. The summed E-state index contributed by atoms with van der Waals surface area (Å²) in [7, 11) is 0. The molecule has 0 aromatic heterocycles. The van der Waals surface area contributed by atoms with Crippen molar-refractivity contribution in [3.05, 3.63) is 47.5 Å². The zero-order valence-electron chi connectivity index (χ0n) is 10.0. The standard InChI is InChI=1S/C14H16N2O/c1-9-6-7-13(10(2)8-9)17-14-11(15)4-3-5-12(14)16/h3-8H,15-16H2,1-2H3. The van der Waals surface area contributed by atoms with E-state index in [-0.39, 0.29) is 0 Å². The van der Waals surface area contributed by atoms with Crippen LogP contribution in [0.3, 0.4) is 0 Å². The first-order valence-electron chi connectivity index (χ1n) is 5.47. The van der Waals surface area contributed by atoms with Crippen LogP contribution in [0.2, 0.25) is 0 Å². The maximum atomic E-state index is 5.84. The summed E-state index contributed by atoms with van der Waals surface area (Å²) in [5.41, 5.74) is 15.0. The van der Waals surface area contributed by atoms with E-state index in [1.54, 1.807) is 18.2 Å². The van der Waals surface area contributed by atoms with Crippen LogP contribution in [0.1, 0.15) is 11.1 Å². The van der Waals surface area contributed by atoms with Crippen LogP contribution < -0.4 is 16.2 Å². The van der Waals surface area contributed by atoms with Gasteiger partial charge in [0.15, 0.2) is 5.75 Å². The number of para-hydroxylation sites is 1. The molecule has 3 nitrogen and oxygen atoms in total. The lowest BCUT2D eigenvalue weighted by molar-refractivity contribution is 0.483. The Kier molecular flexibility index (Phi) is 2.91. The number of benzene rings is 2.